The molecule has 1 aromatic carbocycles. The van der Waals surface area contributed by atoms with Crippen LogP contribution in [0.3, 0.4) is 0 Å². The number of benzene rings is 1. The number of nitrogens with one attached hydrogen (secondary N) is 2. The number of hydrogen-bond acceptors (Lipinski definition) is 4. The third-order valence-corrected chi connectivity index (χ3v) is 5.56. The quantitative estimate of drug-likeness (QED) is 0.772. The van der Waals surface area contributed by atoms with E-state index in [1.165, 1.54) is 25.7 Å². The molecule has 0 saturated heterocycles. The zero-order chi connectivity index (χ0) is 19.5. The molecular formula is C21H27N5O2. The van der Waals surface area contributed by atoms with Crippen LogP contribution in [-0.4, -0.2) is 39.4 Å². The molecular weight excluding hydrogens is 354 g/mol. The first-order chi connectivity index (χ1) is 13.7. The van der Waals surface area contributed by atoms with Crippen LogP contribution < -0.4 is 10.6 Å². The lowest BCUT2D eigenvalue weighted by Gasteiger charge is -2.13. The largest absolute Gasteiger partial charge is 0.352 e. The van der Waals surface area contributed by atoms with E-state index in [1.807, 2.05) is 19.1 Å². The maximum absolute atomic E-state index is 12.7. The third-order valence-electron chi connectivity index (χ3n) is 5.56. The summed E-state index contributed by atoms with van der Waals surface area (Å²) in [5.74, 6) is 0.350. The van der Waals surface area contributed by atoms with E-state index < -0.39 is 0 Å². The summed E-state index contributed by atoms with van der Waals surface area (Å²) in [5, 5.41) is 14.3. The van der Waals surface area contributed by atoms with Crippen LogP contribution in [-0.2, 0) is 6.42 Å². The molecule has 0 atom stereocenters. The molecule has 2 fully saturated rings. The molecule has 1 heterocycles. The molecule has 0 aliphatic heterocycles. The molecule has 28 heavy (non-hydrogen) atoms. The highest BCUT2D eigenvalue weighted by Crippen LogP contribution is 2.30. The fraction of sp³-hybridized carbons (Fsp3) is 0.524. The molecule has 4 rings (SSSR count). The van der Waals surface area contributed by atoms with Crippen molar-refractivity contribution in [3.05, 3.63) is 41.2 Å². The first-order valence-corrected chi connectivity index (χ1v) is 10.3. The molecule has 2 aliphatic carbocycles. The molecule has 0 unspecified atom stereocenters. The maximum Gasteiger partial charge on any atom is 0.273 e. The monoisotopic (exact) mass is 381 g/mol. The average molecular weight is 381 g/mol. The highest BCUT2D eigenvalue weighted by Gasteiger charge is 2.29. The van der Waals surface area contributed by atoms with Crippen molar-refractivity contribution in [1.82, 2.24) is 25.6 Å². The summed E-state index contributed by atoms with van der Waals surface area (Å²) < 4.78 is 1.77. The van der Waals surface area contributed by atoms with Gasteiger partial charge in [0.05, 0.1) is 11.4 Å². The molecule has 0 radical (unpaired) electrons. The zero-order valence-corrected chi connectivity index (χ0v) is 16.3. The summed E-state index contributed by atoms with van der Waals surface area (Å²) in [7, 11) is 0. The Bertz CT molecular complexity index is 848. The van der Waals surface area contributed by atoms with Crippen LogP contribution in [0.2, 0.25) is 0 Å². The number of hydrogen-bond donors (Lipinski definition) is 2. The Morgan fingerprint density at radius 2 is 1.79 bits per heavy atom. The minimum Gasteiger partial charge on any atom is -0.352 e. The van der Waals surface area contributed by atoms with E-state index in [9.17, 15) is 9.59 Å². The Hall–Kier alpha value is -2.70. The van der Waals surface area contributed by atoms with Gasteiger partial charge in [0.15, 0.2) is 5.69 Å². The van der Waals surface area contributed by atoms with Crippen molar-refractivity contribution in [2.45, 2.75) is 57.9 Å². The summed E-state index contributed by atoms with van der Waals surface area (Å²) in [6.45, 7) is 2.49. The number of rotatable bonds is 7. The lowest BCUT2D eigenvalue weighted by molar-refractivity contribution is 0.0940. The molecule has 2 saturated carbocycles. The minimum atomic E-state index is -0.124. The van der Waals surface area contributed by atoms with Gasteiger partial charge in [0.1, 0.15) is 0 Å². The molecule has 1 aromatic heterocycles. The summed E-state index contributed by atoms with van der Waals surface area (Å²) >= 11 is 0. The van der Waals surface area contributed by atoms with Crippen LogP contribution in [0, 0.1) is 5.92 Å². The zero-order valence-electron chi connectivity index (χ0n) is 16.3. The van der Waals surface area contributed by atoms with Crippen LogP contribution in [0.4, 0.5) is 0 Å². The Kier molecular flexibility index (Phi) is 5.41. The van der Waals surface area contributed by atoms with Gasteiger partial charge in [-0.1, -0.05) is 30.9 Å². The average Bonchev–Trinajstić information content (AvgIpc) is 3.18. The van der Waals surface area contributed by atoms with Gasteiger partial charge in [0, 0.05) is 18.2 Å². The van der Waals surface area contributed by atoms with Crippen molar-refractivity contribution in [3.8, 4) is 5.69 Å². The van der Waals surface area contributed by atoms with Crippen molar-refractivity contribution in [3.63, 3.8) is 0 Å². The Balaban J connectivity index is 1.62. The second-order valence-electron chi connectivity index (χ2n) is 7.81. The highest BCUT2D eigenvalue weighted by molar-refractivity contribution is 5.94. The Morgan fingerprint density at radius 3 is 2.43 bits per heavy atom. The number of aromatic nitrogens is 3. The topological polar surface area (TPSA) is 88.9 Å². The van der Waals surface area contributed by atoms with Gasteiger partial charge >= 0.3 is 0 Å². The Morgan fingerprint density at radius 1 is 1.07 bits per heavy atom. The van der Waals surface area contributed by atoms with Crippen molar-refractivity contribution in [1.29, 1.82) is 0 Å². The van der Waals surface area contributed by atoms with Gasteiger partial charge in [-0.15, -0.1) is 5.10 Å². The highest BCUT2D eigenvalue weighted by atomic mass is 16.2. The van der Waals surface area contributed by atoms with Crippen molar-refractivity contribution in [2.24, 2.45) is 5.92 Å². The van der Waals surface area contributed by atoms with Gasteiger partial charge in [-0.05, 0) is 56.4 Å². The van der Waals surface area contributed by atoms with Crippen molar-refractivity contribution >= 4 is 11.8 Å². The van der Waals surface area contributed by atoms with Crippen molar-refractivity contribution < 1.29 is 9.59 Å². The van der Waals surface area contributed by atoms with E-state index in [2.05, 4.69) is 20.9 Å². The van der Waals surface area contributed by atoms with E-state index in [-0.39, 0.29) is 17.9 Å². The van der Waals surface area contributed by atoms with Crippen molar-refractivity contribution in [2.75, 3.05) is 6.54 Å². The van der Waals surface area contributed by atoms with Crippen LogP contribution in [0.25, 0.3) is 5.69 Å². The van der Waals surface area contributed by atoms with Gasteiger partial charge in [-0.2, -0.15) is 0 Å². The summed E-state index contributed by atoms with van der Waals surface area (Å²) in [4.78, 5) is 24.7. The van der Waals surface area contributed by atoms with Crippen LogP contribution in [0.15, 0.2) is 24.3 Å². The predicted octanol–water partition coefficient (Wildman–Crippen LogP) is 2.64. The van der Waals surface area contributed by atoms with E-state index >= 15 is 0 Å². The molecule has 7 nitrogen and oxygen atoms in total. The van der Waals surface area contributed by atoms with Crippen LogP contribution in [0.1, 0.15) is 72.0 Å². The minimum absolute atomic E-state index is 0.0941. The molecule has 2 aliphatic rings. The van der Waals surface area contributed by atoms with Gasteiger partial charge in [0.25, 0.3) is 11.8 Å². The predicted molar refractivity (Wildman–Crippen MR) is 106 cm³/mol. The number of carbonyl (C=O) groups excluding carboxylic acids is 2. The van der Waals surface area contributed by atoms with E-state index in [0.29, 0.717) is 23.7 Å². The fourth-order valence-electron chi connectivity index (χ4n) is 3.85. The standard InChI is InChI=1S/C21H27N5O2/c1-2-22-20(27)15-7-11-17(12-8-15)26-18(13-14-5-3-4-6-14)19(24-25-26)21(28)23-16-9-10-16/h7-8,11-12,14,16H,2-6,9-10,13H2,1H3,(H,22,27)(H,23,28). The second kappa shape index (κ2) is 8.12. The lowest BCUT2D eigenvalue weighted by Crippen LogP contribution is -2.27. The van der Waals surface area contributed by atoms with E-state index in [1.54, 1.807) is 16.8 Å². The van der Waals surface area contributed by atoms with Crippen LogP contribution >= 0.6 is 0 Å². The number of carbonyl (C=O) groups is 2. The molecule has 0 spiro atoms. The third kappa shape index (κ3) is 4.08. The normalized spacial score (nSPS) is 16.9. The van der Waals surface area contributed by atoms with Gasteiger partial charge in [0.2, 0.25) is 0 Å². The lowest BCUT2D eigenvalue weighted by atomic mass is 10.00. The van der Waals surface area contributed by atoms with E-state index in [0.717, 1.165) is 30.6 Å². The molecule has 2 amide bonds. The molecule has 2 aromatic rings. The Labute approximate surface area is 164 Å². The van der Waals surface area contributed by atoms with E-state index in [4.69, 9.17) is 0 Å². The molecule has 0 bridgehead atoms. The summed E-state index contributed by atoms with van der Waals surface area (Å²) in [5.41, 5.74) is 2.73. The first-order valence-electron chi connectivity index (χ1n) is 10.3. The van der Waals surface area contributed by atoms with Gasteiger partial charge in [-0.3, -0.25) is 9.59 Å². The summed E-state index contributed by atoms with van der Waals surface area (Å²) in [6.07, 6.45) is 7.75. The molecule has 7 heteroatoms. The number of nitrogens with zero attached hydrogens (tertiary/aromatic N) is 3. The SMILES string of the molecule is CCNC(=O)c1ccc(-n2nnc(C(=O)NC3CC3)c2CC2CCCC2)cc1. The first kappa shape index (κ1) is 18.7. The summed E-state index contributed by atoms with van der Waals surface area (Å²) in [6, 6.07) is 7.57. The fourth-order valence-corrected chi connectivity index (χ4v) is 3.85. The molecule has 2 N–H and O–H groups in total. The number of amides is 2. The van der Waals surface area contributed by atoms with Crippen LogP contribution in [0.5, 0.6) is 0 Å². The maximum atomic E-state index is 12.7. The molecule has 148 valence electrons. The van der Waals surface area contributed by atoms with Gasteiger partial charge in [-0.25, -0.2) is 4.68 Å². The second-order valence-corrected chi connectivity index (χ2v) is 7.81. The smallest absolute Gasteiger partial charge is 0.273 e. The van der Waals surface area contributed by atoms with Gasteiger partial charge < -0.3 is 10.6 Å².